The van der Waals surface area contributed by atoms with Crippen LogP contribution in [0.15, 0.2) is 79.6 Å². The van der Waals surface area contributed by atoms with Crippen LogP contribution < -0.4 is 5.32 Å². The number of anilines is 2. The summed E-state index contributed by atoms with van der Waals surface area (Å²) in [5.74, 6) is 0.203. The zero-order valence-corrected chi connectivity index (χ0v) is 16.3. The highest BCUT2D eigenvalue weighted by Gasteiger charge is 2.09. The molecule has 0 aliphatic carbocycles. The Hall–Kier alpha value is -3.84. The van der Waals surface area contributed by atoms with Gasteiger partial charge < -0.3 is 5.32 Å². The molecule has 0 radical (unpaired) electrons. The number of fused-ring (bicyclic) bond motifs is 1. The summed E-state index contributed by atoms with van der Waals surface area (Å²) < 4.78 is 15.6. The highest BCUT2D eigenvalue weighted by Crippen LogP contribution is 2.30. The second-order valence-electron chi connectivity index (χ2n) is 6.60. The van der Waals surface area contributed by atoms with Gasteiger partial charge in [0.05, 0.1) is 16.2 Å². The molecule has 5 rings (SSSR count). The van der Waals surface area contributed by atoms with Crippen LogP contribution in [0.4, 0.5) is 15.9 Å². The zero-order chi connectivity index (χ0) is 20.5. The van der Waals surface area contributed by atoms with Gasteiger partial charge in [-0.05, 0) is 59.7 Å². The molecule has 3 aromatic carbocycles. The summed E-state index contributed by atoms with van der Waals surface area (Å²) >= 11 is 5.81. The Bertz CT molecular complexity index is 1340. The Morgan fingerprint density at radius 2 is 1.67 bits per heavy atom. The lowest BCUT2D eigenvalue weighted by Gasteiger charge is -2.11. The van der Waals surface area contributed by atoms with E-state index in [9.17, 15) is 4.39 Å². The van der Waals surface area contributed by atoms with Gasteiger partial charge in [-0.2, -0.15) is 5.10 Å². The van der Waals surface area contributed by atoms with Gasteiger partial charge in [0.25, 0.3) is 0 Å². The fraction of sp³-hybridized carbons (Fsp3) is 0. The second-order valence-corrected chi connectivity index (χ2v) is 7.00. The molecule has 0 saturated heterocycles. The van der Waals surface area contributed by atoms with Crippen LogP contribution in [0.1, 0.15) is 0 Å². The van der Waals surface area contributed by atoms with Gasteiger partial charge in [0.1, 0.15) is 30.6 Å². The number of aromatic nitrogens is 5. The van der Waals surface area contributed by atoms with Gasteiger partial charge in [0, 0.05) is 11.1 Å². The maximum atomic E-state index is 13.9. The lowest BCUT2D eigenvalue weighted by atomic mass is 10.0. The van der Waals surface area contributed by atoms with Crippen molar-refractivity contribution in [1.82, 2.24) is 24.7 Å². The van der Waals surface area contributed by atoms with Crippen molar-refractivity contribution in [3.8, 4) is 16.8 Å². The molecule has 0 bridgehead atoms. The number of halogens is 2. The fourth-order valence-corrected chi connectivity index (χ4v) is 3.30. The molecule has 0 saturated carbocycles. The Labute approximate surface area is 176 Å². The highest BCUT2D eigenvalue weighted by molar-refractivity contribution is 6.30. The molecule has 0 aliphatic heterocycles. The standard InChI is InChI=1S/C22H14ClFN6/c23-19-7-1-15(10-20(19)24)14-2-8-21-18(9-14)22(27-12-26-21)29-16-3-5-17(6-4-16)30-13-25-11-28-30/h1-13H,(H,26,27,29). The zero-order valence-electron chi connectivity index (χ0n) is 15.5. The second kappa shape index (κ2) is 7.53. The molecule has 1 N–H and O–H groups in total. The number of nitrogens with one attached hydrogen (secondary N) is 1. The lowest BCUT2D eigenvalue weighted by molar-refractivity contribution is 0.629. The van der Waals surface area contributed by atoms with Gasteiger partial charge in [-0.1, -0.05) is 23.7 Å². The van der Waals surface area contributed by atoms with Crippen LogP contribution in [-0.4, -0.2) is 24.7 Å². The van der Waals surface area contributed by atoms with Crippen molar-refractivity contribution in [2.24, 2.45) is 0 Å². The van der Waals surface area contributed by atoms with Gasteiger partial charge in [0.15, 0.2) is 0 Å². The van der Waals surface area contributed by atoms with E-state index in [0.29, 0.717) is 5.82 Å². The number of hydrogen-bond donors (Lipinski definition) is 1. The molecular formula is C22H14ClFN6. The predicted molar refractivity (Wildman–Crippen MR) is 115 cm³/mol. The molecule has 0 unspecified atom stereocenters. The summed E-state index contributed by atoms with van der Waals surface area (Å²) in [4.78, 5) is 12.7. The van der Waals surface area contributed by atoms with Crippen LogP contribution in [0.5, 0.6) is 0 Å². The third-order valence-electron chi connectivity index (χ3n) is 4.70. The first-order chi connectivity index (χ1) is 14.7. The first kappa shape index (κ1) is 18.2. The van der Waals surface area contributed by atoms with Gasteiger partial charge in [-0.25, -0.2) is 24.0 Å². The molecular weight excluding hydrogens is 403 g/mol. The van der Waals surface area contributed by atoms with E-state index < -0.39 is 5.82 Å². The van der Waals surface area contributed by atoms with Gasteiger partial charge in [-0.3, -0.25) is 0 Å². The molecule has 2 heterocycles. The van der Waals surface area contributed by atoms with Crippen LogP contribution in [-0.2, 0) is 0 Å². The molecule has 2 aromatic heterocycles. The number of nitrogens with zero attached hydrogens (tertiary/aromatic N) is 5. The molecule has 5 aromatic rings. The number of rotatable bonds is 4. The van der Waals surface area contributed by atoms with Crippen molar-refractivity contribution in [2.45, 2.75) is 0 Å². The van der Waals surface area contributed by atoms with E-state index >= 15 is 0 Å². The smallest absolute Gasteiger partial charge is 0.142 e. The van der Waals surface area contributed by atoms with Crippen molar-refractivity contribution in [2.75, 3.05) is 5.32 Å². The number of hydrogen-bond acceptors (Lipinski definition) is 5. The molecule has 0 fully saturated rings. The molecule has 8 heteroatoms. The van der Waals surface area contributed by atoms with Crippen LogP contribution in [0.25, 0.3) is 27.7 Å². The SMILES string of the molecule is Fc1cc(-c2ccc3ncnc(Nc4ccc(-n5cncn5)cc4)c3c2)ccc1Cl. The summed E-state index contributed by atoms with van der Waals surface area (Å²) in [6.07, 6.45) is 4.64. The van der Waals surface area contributed by atoms with Crippen LogP contribution in [0, 0.1) is 5.82 Å². The normalized spacial score (nSPS) is 11.0. The van der Waals surface area contributed by atoms with E-state index in [0.717, 1.165) is 33.4 Å². The Morgan fingerprint density at radius 3 is 2.43 bits per heavy atom. The van der Waals surface area contributed by atoms with Crippen LogP contribution in [0.3, 0.4) is 0 Å². The third-order valence-corrected chi connectivity index (χ3v) is 5.01. The van der Waals surface area contributed by atoms with Crippen molar-refractivity contribution >= 4 is 34.0 Å². The minimum Gasteiger partial charge on any atom is -0.340 e. The van der Waals surface area contributed by atoms with Gasteiger partial charge in [-0.15, -0.1) is 0 Å². The summed E-state index contributed by atoms with van der Waals surface area (Å²) in [5, 5.41) is 8.37. The minimum atomic E-state index is -0.454. The molecule has 0 spiro atoms. The molecule has 0 atom stereocenters. The van der Waals surface area contributed by atoms with Gasteiger partial charge >= 0.3 is 0 Å². The first-order valence-electron chi connectivity index (χ1n) is 9.10. The monoisotopic (exact) mass is 416 g/mol. The first-order valence-corrected chi connectivity index (χ1v) is 9.47. The fourth-order valence-electron chi connectivity index (χ4n) is 3.19. The summed E-state index contributed by atoms with van der Waals surface area (Å²) in [7, 11) is 0. The maximum absolute atomic E-state index is 13.9. The van der Waals surface area contributed by atoms with E-state index in [1.165, 1.54) is 18.7 Å². The molecule has 30 heavy (non-hydrogen) atoms. The maximum Gasteiger partial charge on any atom is 0.142 e. The molecule has 6 nitrogen and oxygen atoms in total. The Morgan fingerprint density at radius 1 is 0.867 bits per heavy atom. The van der Waals surface area contributed by atoms with Crippen LogP contribution >= 0.6 is 11.6 Å². The van der Waals surface area contributed by atoms with Crippen molar-refractivity contribution in [3.63, 3.8) is 0 Å². The van der Waals surface area contributed by atoms with Crippen molar-refractivity contribution < 1.29 is 4.39 Å². The van der Waals surface area contributed by atoms with Crippen molar-refractivity contribution in [1.29, 1.82) is 0 Å². The third kappa shape index (κ3) is 3.46. The van der Waals surface area contributed by atoms with E-state index in [-0.39, 0.29) is 5.02 Å². The van der Waals surface area contributed by atoms with Crippen LogP contribution in [0.2, 0.25) is 5.02 Å². The van der Waals surface area contributed by atoms with E-state index in [1.54, 1.807) is 23.1 Å². The van der Waals surface area contributed by atoms with Gasteiger partial charge in [0.2, 0.25) is 0 Å². The average Bonchev–Trinajstić information content (AvgIpc) is 3.31. The lowest BCUT2D eigenvalue weighted by Crippen LogP contribution is -1.98. The Balaban J connectivity index is 1.50. The molecule has 0 amide bonds. The highest BCUT2D eigenvalue weighted by atomic mass is 35.5. The average molecular weight is 417 g/mol. The Kier molecular flexibility index (Phi) is 4.57. The number of benzene rings is 3. The summed E-state index contributed by atoms with van der Waals surface area (Å²) in [6, 6.07) is 18.2. The quantitative estimate of drug-likeness (QED) is 0.424. The molecule has 146 valence electrons. The van der Waals surface area contributed by atoms with E-state index in [2.05, 4.69) is 25.4 Å². The van der Waals surface area contributed by atoms with E-state index in [1.807, 2.05) is 42.5 Å². The minimum absolute atomic E-state index is 0.0968. The predicted octanol–water partition coefficient (Wildman–Crippen LogP) is 5.41. The largest absolute Gasteiger partial charge is 0.340 e. The summed E-state index contributed by atoms with van der Waals surface area (Å²) in [5.41, 5.74) is 4.12. The topological polar surface area (TPSA) is 68.5 Å². The summed E-state index contributed by atoms with van der Waals surface area (Å²) in [6.45, 7) is 0. The molecule has 0 aliphatic rings. The van der Waals surface area contributed by atoms with Crippen molar-refractivity contribution in [3.05, 3.63) is 90.5 Å². The van der Waals surface area contributed by atoms with E-state index in [4.69, 9.17) is 11.6 Å².